The van der Waals surface area contributed by atoms with Crippen LogP contribution in [0.2, 0.25) is 0 Å². The van der Waals surface area contributed by atoms with Crippen LogP contribution in [0.4, 0.5) is 4.39 Å². The number of carbonyl (C=O) groups is 1. The molecule has 0 radical (unpaired) electrons. The summed E-state index contributed by atoms with van der Waals surface area (Å²) >= 11 is 0. The van der Waals surface area contributed by atoms with Gasteiger partial charge in [-0.2, -0.15) is 0 Å². The Labute approximate surface area is 128 Å². The summed E-state index contributed by atoms with van der Waals surface area (Å²) in [4.78, 5) is 33.1. The number of nitrogens with zero attached hydrogens (tertiary/aromatic N) is 1. The minimum Gasteiger partial charge on any atom is -0.332 e. The molecule has 3 rings (SSSR count). The number of amides is 1. The molecule has 0 saturated carbocycles. The van der Waals surface area contributed by atoms with Crippen molar-refractivity contribution in [2.45, 2.75) is 49.8 Å². The van der Waals surface area contributed by atoms with E-state index in [4.69, 9.17) is 0 Å². The number of fused-ring (bicyclic) bond motifs is 1. The summed E-state index contributed by atoms with van der Waals surface area (Å²) in [6.07, 6.45) is 3.40. The van der Waals surface area contributed by atoms with Gasteiger partial charge in [0.2, 0.25) is 5.91 Å². The van der Waals surface area contributed by atoms with Crippen LogP contribution < -0.4 is 0 Å². The van der Waals surface area contributed by atoms with Gasteiger partial charge in [-0.25, -0.2) is 4.39 Å². The van der Waals surface area contributed by atoms with Crippen LogP contribution >= 0.6 is 7.60 Å². The first-order chi connectivity index (χ1) is 10.4. The van der Waals surface area contributed by atoms with E-state index < -0.39 is 19.2 Å². The molecular formula is C15H19FNO4P. The number of rotatable bonds is 2. The molecule has 22 heavy (non-hydrogen) atoms. The monoisotopic (exact) mass is 327 g/mol. The van der Waals surface area contributed by atoms with Gasteiger partial charge in [0.15, 0.2) is 0 Å². The van der Waals surface area contributed by atoms with Crippen LogP contribution in [0.3, 0.4) is 0 Å². The average Bonchev–Trinajstić information content (AvgIpc) is 2.46. The average molecular weight is 327 g/mol. The van der Waals surface area contributed by atoms with Crippen LogP contribution in [-0.4, -0.2) is 32.3 Å². The highest BCUT2D eigenvalue weighted by Crippen LogP contribution is 2.50. The smallest absolute Gasteiger partial charge is 0.332 e. The summed E-state index contributed by atoms with van der Waals surface area (Å²) in [5.74, 6) is -0.798. The lowest BCUT2D eigenvalue weighted by Crippen LogP contribution is -2.53. The molecule has 2 aliphatic rings. The lowest BCUT2D eigenvalue weighted by atomic mass is 9.85. The van der Waals surface area contributed by atoms with E-state index in [1.165, 1.54) is 12.1 Å². The molecule has 2 N–H and O–H groups in total. The molecule has 2 fully saturated rings. The Morgan fingerprint density at radius 1 is 1.09 bits per heavy atom. The van der Waals surface area contributed by atoms with E-state index in [9.17, 15) is 23.5 Å². The number of halogens is 1. The normalized spacial score (nSPS) is 29.3. The molecule has 0 bridgehead atoms. The zero-order valence-electron chi connectivity index (χ0n) is 12.1. The Morgan fingerprint density at radius 3 is 2.41 bits per heavy atom. The van der Waals surface area contributed by atoms with Gasteiger partial charge < -0.3 is 14.7 Å². The van der Waals surface area contributed by atoms with Gasteiger partial charge in [-0.15, -0.1) is 0 Å². The molecule has 1 unspecified atom stereocenters. The van der Waals surface area contributed by atoms with Crippen molar-refractivity contribution in [3.8, 4) is 0 Å². The summed E-state index contributed by atoms with van der Waals surface area (Å²) in [7, 11) is -4.44. The first-order valence-corrected chi connectivity index (χ1v) is 9.19. The molecule has 2 aliphatic heterocycles. The summed E-state index contributed by atoms with van der Waals surface area (Å²) < 4.78 is 24.7. The van der Waals surface area contributed by atoms with Gasteiger partial charge in [-0.3, -0.25) is 9.36 Å². The van der Waals surface area contributed by atoms with Crippen molar-refractivity contribution < 1.29 is 23.5 Å². The van der Waals surface area contributed by atoms with Crippen molar-refractivity contribution >= 4 is 13.5 Å². The van der Waals surface area contributed by atoms with Crippen molar-refractivity contribution in [1.82, 2.24) is 4.90 Å². The molecule has 0 aliphatic carbocycles. The second kappa shape index (κ2) is 5.76. The van der Waals surface area contributed by atoms with Crippen molar-refractivity contribution in [2.24, 2.45) is 0 Å². The molecule has 5 nitrogen and oxygen atoms in total. The van der Waals surface area contributed by atoms with E-state index >= 15 is 0 Å². The maximum absolute atomic E-state index is 13.1. The molecular weight excluding hydrogens is 308 g/mol. The molecule has 1 aromatic carbocycles. The lowest BCUT2D eigenvalue weighted by molar-refractivity contribution is -0.142. The largest absolute Gasteiger partial charge is 0.337 e. The van der Waals surface area contributed by atoms with Gasteiger partial charge in [0.25, 0.3) is 0 Å². The van der Waals surface area contributed by atoms with Crippen molar-refractivity contribution in [2.75, 3.05) is 0 Å². The van der Waals surface area contributed by atoms with Crippen LogP contribution in [0.1, 0.15) is 43.7 Å². The molecule has 120 valence electrons. The quantitative estimate of drug-likeness (QED) is 0.819. The van der Waals surface area contributed by atoms with Crippen LogP contribution in [-0.2, 0) is 9.36 Å². The van der Waals surface area contributed by atoms with E-state index in [-0.39, 0.29) is 24.3 Å². The summed E-state index contributed by atoms with van der Waals surface area (Å²) in [6, 6.07) is 5.81. The fourth-order valence-electron chi connectivity index (χ4n) is 3.67. The second-order valence-electron chi connectivity index (χ2n) is 6.08. The lowest BCUT2D eigenvalue weighted by Gasteiger charge is -2.47. The highest BCUT2D eigenvalue weighted by atomic mass is 31.2. The SMILES string of the molecule is O=C1C(P(=O)(O)O)CC[C@H]2CCC[C@@H](c3ccc(F)cc3)N12. The zero-order chi connectivity index (χ0) is 15.9. The van der Waals surface area contributed by atoms with Crippen molar-refractivity contribution in [1.29, 1.82) is 0 Å². The predicted octanol–water partition coefficient (Wildman–Crippen LogP) is 2.59. The van der Waals surface area contributed by atoms with Crippen LogP contribution in [0, 0.1) is 5.82 Å². The molecule has 1 amide bonds. The van der Waals surface area contributed by atoms with E-state index in [0.29, 0.717) is 6.42 Å². The van der Waals surface area contributed by atoms with E-state index in [2.05, 4.69) is 0 Å². The van der Waals surface area contributed by atoms with Crippen molar-refractivity contribution in [3.05, 3.63) is 35.6 Å². The summed E-state index contributed by atoms with van der Waals surface area (Å²) in [5, 5.41) is 0. The third-order valence-electron chi connectivity index (χ3n) is 4.72. The van der Waals surface area contributed by atoms with Gasteiger partial charge in [0, 0.05) is 6.04 Å². The number of carbonyl (C=O) groups excluding carboxylic acids is 1. The van der Waals surface area contributed by atoms with Gasteiger partial charge >= 0.3 is 7.60 Å². The Hall–Kier alpha value is -1.23. The maximum Gasteiger partial charge on any atom is 0.337 e. The van der Waals surface area contributed by atoms with Gasteiger partial charge in [0.05, 0.1) is 6.04 Å². The van der Waals surface area contributed by atoms with E-state index in [0.717, 1.165) is 24.8 Å². The second-order valence-corrected chi connectivity index (χ2v) is 7.88. The standard InChI is InChI=1S/C15H19FNO4P/c16-11-6-4-10(5-7-11)13-3-1-2-12-8-9-14(22(19,20)21)15(18)17(12)13/h4-7,12-14H,1-3,8-9H2,(H2,19,20,21)/t12-,13+,14?/m1/s1. The molecule has 3 atom stereocenters. The maximum atomic E-state index is 13.1. The summed E-state index contributed by atoms with van der Waals surface area (Å²) in [5.41, 5.74) is -0.407. The van der Waals surface area contributed by atoms with Crippen molar-refractivity contribution in [3.63, 3.8) is 0 Å². The van der Waals surface area contributed by atoms with Gasteiger partial charge in [-0.1, -0.05) is 12.1 Å². The minimum absolute atomic E-state index is 0.0269. The summed E-state index contributed by atoms with van der Waals surface area (Å²) in [6.45, 7) is 0. The molecule has 2 saturated heterocycles. The first-order valence-electron chi connectivity index (χ1n) is 7.51. The molecule has 1 aromatic rings. The molecule has 2 heterocycles. The van der Waals surface area contributed by atoms with E-state index in [1.54, 1.807) is 17.0 Å². The molecule has 0 aromatic heterocycles. The third kappa shape index (κ3) is 2.83. The van der Waals surface area contributed by atoms with Crippen LogP contribution in [0.15, 0.2) is 24.3 Å². The predicted molar refractivity (Wildman–Crippen MR) is 78.7 cm³/mol. The van der Waals surface area contributed by atoms with E-state index in [1.807, 2.05) is 0 Å². The highest BCUT2D eigenvalue weighted by molar-refractivity contribution is 7.53. The molecule has 7 heteroatoms. The zero-order valence-corrected chi connectivity index (χ0v) is 13.0. The molecule has 0 spiro atoms. The topological polar surface area (TPSA) is 77.8 Å². The highest BCUT2D eigenvalue weighted by Gasteiger charge is 2.47. The Morgan fingerprint density at radius 2 is 1.77 bits per heavy atom. The third-order valence-corrected chi connectivity index (χ3v) is 6.01. The Bertz CT molecular complexity index is 614. The minimum atomic E-state index is -4.44. The van der Waals surface area contributed by atoms with Crippen LogP contribution in [0.25, 0.3) is 0 Å². The number of benzene rings is 1. The Kier molecular flexibility index (Phi) is 4.10. The van der Waals surface area contributed by atoms with Gasteiger partial charge in [-0.05, 0) is 49.8 Å². The van der Waals surface area contributed by atoms with Crippen LogP contribution in [0.5, 0.6) is 0 Å². The van der Waals surface area contributed by atoms with Gasteiger partial charge in [0.1, 0.15) is 11.5 Å². The number of piperidine rings is 2. The number of hydrogen-bond acceptors (Lipinski definition) is 2. The Balaban J connectivity index is 1.92. The fraction of sp³-hybridized carbons (Fsp3) is 0.533. The number of hydrogen-bond donors (Lipinski definition) is 2. The first kappa shape index (κ1) is 15.7. The fourth-order valence-corrected chi connectivity index (χ4v) is 4.57.